The molecule has 0 spiro atoms. The molecule has 1 heterocycles. The summed E-state index contributed by atoms with van der Waals surface area (Å²) in [6.07, 6.45) is -7.74. The molecule has 2 aromatic carbocycles. The summed E-state index contributed by atoms with van der Waals surface area (Å²) in [4.78, 5) is 41.2. The molecule has 2 atom stereocenters. The van der Waals surface area contributed by atoms with E-state index in [0.29, 0.717) is 30.0 Å². The van der Waals surface area contributed by atoms with Crippen molar-refractivity contribution in [2.75, 3.05) is 18.5 Å². The van der Waals surface area contributed by atoms with Crippen molar-refractivity contribution >= 4 is 23.5 Å². The lowest BCUT2D eigenvalue weighted by Crippen LogP contribution is -2.28. The Morgan fingerprint density at radius 2 is 1.51 bits per heavy atom. The number of carbonyl (C=O) groups excluding carboxylic acids is 3. The first kappa shape index (κ1) is 34.9. The van der Waals surface area contributed by atoms with E-state index < -0.39 is 53.6 Å². The molecule has 0 saturated carbocycles. The highest BCUT2D eigenvalue weighted by Crippen LogP contribution is 2.39. The fourth-order valence-corrected chi connectivity index (χ4v) is 4.63. The summed E-state index contributed by atoms with van der Waals surface area (Å²) in [6.45, 7) is 3.82. The van der Waals surface area contributed by atoms with Crippen LogP contribution in [-0.4, -0.2) is 42.3 Å². The Kier molecular flexibility index (Phi) is 11.9. The zero-order valence-electron chi connectivity index (χ0n) is 24.3. The Balaban J connectivity index is 1.91. The van der Waals surface area contributed by atoms with Crippen LogP contribution in [0.25, 0.3) is 0 Å². The molecule has 0 radical (unpaired) electrons. The van der Waals surface area contributed by atoms with E-state index in [-0.39, 0.29) is 30.8 Å². The Morgan fingerprint density at radius 3 is 2.04 bits per heavy atom. The number of nitrogens with zero attached hydrogens (tertiary/aromatic N) is 1. The minimum Gasteiger partial charge on any atom is -0.466 e. The summed E-state index contributed by atoms with van der Waals surface area (Å²) in [7, 11) is 0. The second-order valence-corrected chi connectivity index (χ2v) is 9.84. The highest BCUT2D eigenvalue weighted by molar-refractivity contribution is 5.97. The maximum Gasteiger partial charge on any atom is 0.573 e. The Bertz CT molecular complexity index is 1430. The summed E-state index contributed by atoms with van der Waals surface area (Å²) in [5.41, 5.74) is 0.0667. The molecule has 8 nitrogen and oxygen atoms in total. The SMILES string of the molecule is CCC[C@@H](c1ccc(C(=O)NCCC(=O)OCC)cc1)[C@H](C(=O)Nc1ccc(C(F)(F)F)nc1)c1ccc(OC(F)(F)F)cc1. The first-order chi connectivity index (χ1) is 21.2. The number of pyridine rings is 1. The third-order valence-corrected chi connectivity index (χ3v) is 6.60. The van der Waals surface area contributed by atoms with Crippen molar-refractivity contribution < 1.29 is 50.2 Å². The third-order valence-electron chi connectivity index (χ3n) is 6.60. The van der Waals surface area contributed by atoms with Crippen molar-refractivity contribution in [3.63, 3.8) is 0 Å². The molecular weight excluding hydrogens is 608 g/mol. The van der Waals surface area contributed by atoms with Gasteiger partial charge in [0.05, 0.1) is 30.8 Å². The van der Waals surface area contributed by atoms with Crippen molar-refractivity contribution in [2.45, 2.75) is 57.5 Å². The maximum atomic E-state index is 13.7. The number of hydrogen-bond donors (Lipinski definition) is 2. The van der Waals surface area contributed by atoms with Gasteiger partial charge < -0.3 is 20.1 Å². The van der Waals surface area contributed by atoms with E-state index in [1.807, 2.05) is 6.92 Å². The molecule has 0 bridgehead atoms. The van der Waals surface area contributed by atoms with Crippen LogP contribution >= 0.6 is 0 Å². The molecular formula is C31H31F6N3O5. The average Bonchev–Trinajstić information content (AvgIpc) is 2.97. The quantitative estimate of drug-likeness (QED) is 0.154. The fraction of sp³-hybridized carbons (Fsp3) is 0.355. The Morgan fingerprint density at radius 1 is 0.867 bits per heavy atom. The molecule has 3 rings (SSSR count). The van der Waals surface area contributed by atoms with E-state index in [0.717, 1.165) is 24.4 Å². The molecule has 2 amide bonds. The van der Waals surface area contributed by atoms with Gasteiger partial charge >= 0.3 is 18.5 Å². The molecule has 3 aromatic rings. The molecule has 0 aliphatic rings. The number of benzene rings is 2. The van der Waals surface area contributed by atoms with Gasteiger partial charge in [-0.15, -0.1) is 13.2 Å². The van der Waals surface area contributed by atoms with Crippen LogP contribution in [-0.2, 0) is 20.5 Å². The number of ether oxygens (including phenoxy) is 2. The third kappa shape index (κ3) is 10.5. The van der Waals surface area contributed by atoms with Gasteiger partial charge in [0.15, 0.2) is 0 Å². The summed E-state index contributed by atoms with van der Waals surface area (Å²) in [6, 6.07) is 12.9. The second-order valence-electron chi connectivity index (χ2n) is 9.84. The van der Waals surface area contributed by atoms with Gasteiger partial charge in [0.25, 0.3) is 5.91 Å². The minimum atomic E-state index is -4.93. The first-order valence-electron chi connectivity index (χ1n) is 14.0. The van der Waals surface area contributed by atoms with Gasteiger partial charge in [-0.3, -0.25) is 14.4 Å². The lowest BCUT2D eigenvalue weighted by atomic mass is 9.78. The number of anilines is 1. The van der Waals surface area contributed by atoms with E-state index in [9.17, 15) is 40.7 Å². The van der Waals surface area contributed by atoms with E-state index in [1.54, 1.807) is 19.1 Å². The van der Waals surface area contributed by atoms with Crippen molar-refractivity contribution in [3.8, 4) is 5.75 Å². The molecule has 0 aliphatic carbocycles. The molecule has 14 heteroatoms. The number of alkyl halides is 6. The van der Waals surface area contributed by atoms with Crippen LogP contribution in [0.15, 0.2) is 66.9 Å². The van der Waals surface area contributed by atoms with Gasteiger partial charge in [-0.05, 0) is 66.8 Å². The molecule has 0 saturated heterocycles. The molecule has 1 aromatic heterocycles. The number of hydrogen-bond acceptors (Lipinski definition) is 6. The zero-order chi connectivity index (χ0) is 33.2. The van der Waals surface area contributed by atoms with Crippen molar-refractivity contribution in [2.24, 2.45) is 0 Å². The summed E-state index contributed by atoms with van der Waals surface area (Å²) in [5.74, 6) is -3.61. The van der Waals surface area contributed by atoms with E-state index in [2.05, 4.69) is 20.4 Å². The monoisotopic (exact) mass is 639 g/mol. The number of rotatable bonds is 13. The summed E-state index contributed by atoms with van der Waals surface area (Å²) >= 11 is 0. The van der Waals surface area contributed by atoms with Crippen LogP contribution in [0.2, 0.25) is 0 Å². The molecule has 242 valence electrons. The zero-order valence-corrected chi connectivity index (χ0v) is 24.3. The van der Waals surface area contributed by atoms with Crippen LogP contribution in [0.1, 0.15) is 72.1 Å². The van der Waals surface area contributed by atoms with Crippen LogP contribution in [0.3, 0.4) is 0 Å². The van der Waals surface area contributed by atoms with E-state index in [1.165, 1.54) is 24.3 Å². The topological polar surface area (TPSA) is 107 Å². The standard InChI is InChI=1S/C31H31F6N3O5/c1-3-5-24(19-6-8-21(9-7-19)28(42)38-17-16-26(41)44-4-2)27(20-10-13-23(14-11-20)45-31(35,36)37)29(43)40-22-12-15-25(39-18-22)30(32,33)34/h6-15,18,24,27H,3-5,16-17H2,1-2H3,(H,38,42)(H,40,43)/t24-,27+/m0/s1. The normalized spacial score (nSPS) is 13.0. The summed E-state index contributed by atoms with van der Waals surface area (Å²) in [5, 5.41) is 5.19. The van der Waals surface area contributed by atoms with Gasteiger partial charge in [-0.25, -0.2) is 4.98 Å². The van der Waals surface area contributed by atoms with Crippen molar-refractivity contribution in [3.05, 3.63) is 89.2 Å². The maximum absolute atomic E-state index is 13.7. The Hall–Kier alpha value is -4.62. The van der Waals surface area contributed by atoms with Gasteiger partial charge in [0.2, 0.25) is 5.91 Å². The largest absolute Gasteiger partial charge is 0.573 e. The van der Waals surface area contributed by atoms with Crippen LogP contribution in [0.5, 0.6) is 5.75 Å². The van der Waals surface area contributed by atoms with Gasteiger partial charge in [-0.2, -0.15) is 13.2 Å². The number of carbonyl (C=O) groups is 3. The first-order valence-corrected chi connectivity index (χ1v) is 14.0. The average molecular weight is 640 g/mol. The number of nitrogens with one attached hydrogen (secondary N) is 2. The van der Waals surface area contributed by atoms with Gasteiger partial charge in [0, 0.05) is 12.1 Å². The lowest BCUT2D eigenvalue weighted by molar-refractivity contribution is -0.274. The number of halogens is 6. The van der Waals surface area contributed by atoms with Crippen LogP contribution in [0, 0.1) is 0 Å². The molecule has 45 heavy (non-hydrogen) atoms. The molecule has 2 N–H and O–H groups in total. The summed E-state index contributed by atoms with van der Waals surface area (Å²) < 4.78 is 85.9. The fourth-order valence-electron chi connectivity index (χ4n) is 4.63. The Labute approximate surface area is 255 Å². The molecule has 0 aliphatic heterocycles. The predicted molar refractivity (Wildman–Crippen MR) is 151 cm³/mol. The molecule has 0 unspecified atom stereocenters. The number of aromatic nitrogens is 1. The van der Waals surface area contributed by atoms with Crippen molar-refractivity contribution in [1.29, 1.82) is 0 Å². The smallest absolute Gasteiger partial charge is 0.466 e. The highest BCUT2D eigenvalue weighted by Gasteiger charge is 2.34. The minimum absolute atomic E-state index is 0.00567. The second kappa shape index (κ2) is 15.4. The van der Waals surface area contributed by atoms with Crippen molar-refractivity contribution in [1.82, 2.24) is 10.3 Å². The predicted octanol–water partition coefficient (Wildman–Crippen LogP) is 6.99. The van der Waals surface area contributed by atoms with E-state index in [4.69, 9.17) is 4.74 Å². The van der Waals surface area contributed by atoms with E-state index >= 15 is 0 Å². The number of amides is 2. The van der Waals surface area contributed by atoms with Gasteiger partial charge in [0.1, 0.15) is 11.4 Å². The van der Waals surface area contributed by atoms with Crippen LogP contribution < -0.4 is 15.4 Å². The number of esters is 1. The lowest BCUT2D eigenvalue weighted by Gasteiger charge is -2.27. The molecule has 0 fully saturated rings. The van der Waals surface area contributed by atoms with Crippen LogP contribution in [0.4, 0.5) is 32.0 Å². The van der Waals surface area contributed by atoms with Gasteiger partial charge in [-0.1, -0.05) is 37.6 Å². The highest BCUT2D eigenvalue weighted by atomic mass is 19.4.